The zero-order valence-electron chi connectivity index (χ0n) is 11.2. The Hall–Kier alpha value is -1.12. The third-order valence-electron chi connectivity index (χ3n) is 2.72. The topological polar surface area (TPSA) is 18.5 Å². The molecule has 2 nitrogen and oxygen atoms in total. The van der Waals surface area contributed by atoms with Crippen LogP contribution in [-0.4, -0.2) is 19.5 Å². The molecule has 1 aromatic carbocycles. The Balaban J connectivity index is 3.00. The minimum Gasteiger partial charge on any atom is -0.349 e. The molecule has 0 atom stereocenters. The van der Waals surface area contributed by atoms with Crippen molar-refractivity contribution in [3.05, 3.63) is 41.5 Å². The Kier molecular flexibility index (Phi) is 5.39. The first kappa shape index (κ1) is 13.9. The molecule has 0 bridgehead atoms. The van der Waals surface area contributed by atoms with E-state index in [0.717, 1.165) is 11.1 Å². The lowest BCUT2D eigenvalue weighted by Crippen LogP contribution is -2.19. The van der Waals surface area contributed by atoms with Crippen LogP contribution in [0, 0.1) is 13.8 Å². The molecular weight excluding hydrogens is 212 g/mol. The molecule has 1 rings (SSSR count). The predicted octanol–water partition coefficient (Wildman–Crippen LogP) is 3.72. The maximum atomic E-state index is 5.59. The Morgan fingerprint density at radius 1 is 1.12 bits per heavy atom. The molecule has 0 unspecified atom stereocenters. The second kappa shape index (κ2) is 6.58. The average molecular weight is 234 g/mol. The summed E-state index contributed by atoms with van der Waals surface area (Å²) in [4.78, 5) is 0. The van der Waals surface area contributed by atoms with Crippen LogP contribution in [0.3, 0.4) is 0 Å². The van der Waals surface area contributed by atoms with Gasteiger partial charge in [0.25, 0.3) is 0 Å². The third kappa shape index (κ3) is 3.42. The molecule has 1 aromatic rings. The van der Waals surface area contributed by atoms with Crippen LogP contribution in [0.4, 0.5) is 0 Å². The first-order valence-electron chi connectivity index (χ1n) is 6.10. The zero-order chi connectivity index (χ0) is 12.8. The highest BCUT2D eigenvalue weighted by molar-refractivity contribution is 5.70. The molecule has 94 valence electrons. The van der Waals surface area contributed by atoms with Crippen molar-refractivity contribution in [3.63, 3.8) is 0 Å². The Morgan fingerprint density at radius 2 is 1.59 bits per heavy atom. The van der Waals surface area contributed by atoms with Crippen molar-refractivity contribution in [1.82, 2.24) is 0 Å². The van der Waals surface area contributed by atoms with Crippen LogP contribution in [0.15, 0.2) is 24.8 Å². The molecule has 2 heteroatoms. The largest absolute Gasteiger partial charge is 0.349 e. The fraction of sp³-hybridized carbons (Fsp3) is 0.467. The summed E-state index contributed by atoms with van der Waals surface area (Å²) in [6, 6.07) is 6.22. The van der Waals surface area contributed by atoms with E-state index >= 15 is 0 Å². The monoisotopic (exact) mass is 234 g/mol. The Labute approximate surface area is 104 Å². The third-order valence-corrected chi connectivity index (χ3v) is 2.72. The second-order valence-electron chi connectivity index (χ2n) is 4.03. The van der Waals surface area contributed by atoms with Crippen LogP contribution >= 0.6 is 0 Å². The number of hydrogen-bond acceptors (Lipinski definition) is 2. The molecule has 17 heavy (non-hydrogen) atoms. The van der Waals surface area contributed by atoms with Crippen molar-refractivity contribution in [3.8, 4) is 0 Å². The fourth-order valence-electron chi connectivity index (χ4n) is 1.99. The van der Waals surface area contributed by atoms with Gasteiger partial charge in [0.05, 0.1) is 0 Å². The molecule has 0 spiro atoms. The zero-order valence-corrected chi connectivity index (χ0v) is 11.2. The van der Waals surface area contributed by atoms with Crippen molar-refractivity contribution < 1.29 is 9.47 Å². The van der Waals surface area contributed by atoms with Crippen LogP contribution in [-0.2, 0) is 9.47 Å². The number of ether oxygens (including phenoxy) is 2. The summed E-state index contributed by atoms with van der Waals surface area (Å²) >= 11 is 0. The van der Waals surface area contributed by atoms with Gasteiger partial charge in [0, 0.05) is 18.8 Å². The summed E-state index contributed by atoms with van der Waals surface area (Å²) in [6.07, 6.45) is -0.343. The highest BCUT2D eigenvalue weighted by atomic mass is 16.7. The maximum absolute atomic E-state index is 5.59. The van der Waals surface area contributed by atoms with Crippen LogP contribution in [0.5, 0.6) is 0 Å². The van der Waals surface area contributed by atoms with E-state index < -0.39 is 0 Å². The number of rotatable bonds is 6. The van der Waals surface area contributed by atoms with Gasteiger partial charge in [-0.15, -0.1) is 0 Å². The Bertz CT molecular complexity index is 356. The van der Waals surface area contributed by atoms with E-state index in [1.54, 1.807) is 0 Å². The first-order valence-corrected chi connectivity index (χ1v) is 6.10. The summed E-state index contributed by atoms with van der Waals surface area (Å²) in [5.41, 5.74) is 4.47. The van der Waals surface area contributed by atoms with Crippen molar-refractivity contribution >= 4 is 5.57 Å². The van der Waals surface area contributed by atoms with Gasteiger partial charge in [-0.1, -0.05) is 24.8 Å². The lowest BCUT2D eigenvalue weighted by molar-refractivity contribution is -0.0963. The number of benzene rings is 1. The molecule has 0 aliphatic rings. The van der Waals surface area contributed by atoms with Crippen LogP contribution < -0.4 is 0 Å². The van der Waals surface area contributed by atoms with E-state index in [2.05, 4.69) is 38.6 Å². The van der Waals surface area contributed by atoms with Gasteiger partial charge in [-0.25, -0.2) is 0 Å². The molecular formula is C15H22O2. The lowest BCUT2D eigenvalue weighted by Gasteiger charge is -2.22. The molecule has 0 aromatic heterocycles. The second-order valence-corrected chi connectivity index (χ2v) is 4.03. The van der Waals surface area contributed by atoms with Crippen molar-refractivity contribution in [2.75, 3.05) is 13.2 Å². The molecule has 0 saturated heterocycles. The molecule has 0 radical (unpaired) electrons. The van der Waals surface area contributed by atoms with Crippen LogP contribution in [0.1, 0.15) is 30.5 Å². The van der Waals surface area contributed by atoms with Crippen molar-refractivity contribution in [2.45, 2.75) is 34.0 Å². The number of aryl methyl sites for hydroxylation is 2. The quantitative estimate of drug-likeness (QED) is 0.698. The summed E-state index contributed by atoms with van der Waals surface area (Å²) < 4.78 is 11.2. The Morgan fingerprint density at radius 3 is 2.00 bits per heavy atom. The standard InChI is InChI=1S/C15H22O2/c1-6-16-15(17-7-2)13(5)14-11(3)9-8-10-12(14)4/h8-10,15H,5-7H2,1-4H3. The van der Waals surface area contributed by atoms with Crippen LogP contribution in [0.2, 0.25) is 0 Å². The van der Waals surface area contributed by atoms with Gasteiger partial charge >= 0.3 is 0 Å². The number of hydrogen-bond donors (Lipinski definition) is 0. The molecule has 0 amide bonds. The summed E-state index contributed by atoms with van der Waals surface area (Å²) in [7, 11) is 0. The molecule has 0 saturated carbocycles. The van der Waals surface area contributed by atoms with E-state index in [0.29, 0.717) is 13.2 Å². The van der Waals surface area contributed by atoms with E-state index in [4.69, 9.17) is 9.47 Å². The van der Waals surface area contributed by atoms with Crippen molar-refractivity contribution in [1.29, 1.82) is 0 Å². The summed E-state index contributed by atoms with van der Waals surface area (Å²) in [5, 5.41) is 0. The predicted molar refractivity (Wildman–Crippen MR) is 72.0 cm³/mol. The van der Waals surface area contributed by atoms with E-state index in [1.165, 1.54) is 11.1 Å². The highest BCUT2D eigenvalue weighted by Crippen LogP contribution is 2.26. The summed E-state index contributed by atoms with van der Waals surface area (Å²) in [5.74, 6) is 0. The molecule has 0 aliphatic carbocycles. The normalized spacial score (nSPS) is 10.9. The van der Waals surface area contributed by atoms with Gasteiger partial charge in [-0.2, -0.15) is 0 Å². The van der Waals surface area contributed by atoms with Gasteiger partial charge in [-0.3, -0.25) is 0 Å². The van der Waals surface area contributed by atoms with Crippen LogP contribution in [0.25, 0.3) is 5.57 Å². The van der Waals surface area contributed by atoms with E-state index in [9.17, 15) is 0 Å². The van der Waals surface area contributed by atoms with E-state index in [1.807, 2.05) is 13.8 Å². The summed E-state index contributed by atoms with van der Waals surface area (Å²) in [6.45, 7) is 13.5. The molecule has 0 aliphatic heterocycles. The van der Waals surface area contributed by atoms with Crippen molar-refractivity contribution in [2.24, 2.45) is 0 Å². The molecule has 0 N–H and O–H groups in total. The van der Waals surface area contributed by atoms with Gasteiger partial charge in [-0.05, 0) is 44.4 Å². The first-order chi connectivity index (χ1) is 8.11. The smallest absolute Gasteiger partial charge is 0.183 e. The SMILES string of the molecule is C=C(c1c(C)cccc1C)C(OCC)OCC. The average Bonchev–Trinajstić information content (AvgIpc) is 2.28. The van der Waals surface area contributed by atoms with Gasteiger partial charge in [0.2, 0.25) is 0 Å². The molecule has 0 heterocycles. The lowest BCUT2D eigenvalue weighted by atomic mass is 9.96. The fourth-order valence-corrected chi connectivity index (χ4v) is 1.99. The maximum Gasteiger partial charge on any atom is 0.183 e. The van der Waals surface area contributed by atoms with Gasteiger partial charge in [0.1, 0.15) is 0 Å². The molecule has 0 fully saturated rings. The van der Waals surface area contributed by atoms with E-state index in [-0.39, 0.29) is 6.29 Å². The highest BCUT2D eigenvalue weighted by Gasteiger charge is 2.17. The minimum atomic E-state index is -0.343. The minimum absolute atomic E-state index is 0.343. The van der Waals surface area contributed by atoms with Gasteiger partial charge in [0.15, 0.2) is 6.29 Å². The van der Waals surface area contributed by atoms with Gasteiger partial charge < -0.3 is 9.47 Å².